The molecule has 0 fully saturated rings. The van der Waals surface area contributed by atoms with E-state index in [9.17, 15) is 9.59 Å². The summed E-state index contributed by atoms with van der Waals surface area (Å²) in [6.07, 6.45) is 0. The Kier molecular flexibility index (Phi) is 3.70. The molecule has 1 N–H and O–H groups in total. The van der Waals surface area contributed by atoms with E-state index in [2.05, 4.69) is 5.32 Å². The minimum absolute atomic E-state index is 0.314. The highest BCUT2D eigenvalue weighted by atomic mass is 16.2. The number of hydrogen-bond donors (Lipinski definition) is 1. The Morgan fingerprint density at radius 3 is 2.26 bits per heavy atom. The van der Waals surface area contributed by atoms with Gasteiger partial charge in [-0.25, -0.2) is 0 Å². The highest BCUT2D eigenvalue weighted by molar-refractivity contribution is 6.46. The Bertz CT molecular complexity index is 657. The van der Waals surface area contributed by atoms with E-state index in [4.69, 9.17) is 5.26 Å². The molecule has 4 nitrogen and oxygen atoms in total. The summed E-state index contributed by atoms with van der Waals surface area (Å²) in [6, 6.07) is 16.7. The van der Waals surface area contributed by atoms with Crippen molar-refractivity contribution in [2.45, 2.75) is 0 Å². The second kappa shape index (κ2) is 5.61. The monoisotopic (exact) mass is 250 g/mol. The minimum Gasteiger partial charge on any atom is -0.318 e. The van der Waals surface area contributed by atoms with Gasteiger partial charge in [0.05, 0.1) is 11.3 Å². The second-order valence-electron chi connectivity index (χ2n) is 3.81. The SMILES string of the molecule is N#Cc1ccccc1NC(=O)C(=O)c1ccccc1. The largest absolute Gasteiger partial charge is 0.318 e. The Hall–Kier alpha value is -2.93. The zero-order valence-corrected chi connectivity index (χ0v) is 9.96. The van der Waals surface area contributed by atoms with Crippen LogP contribution in [0.2, 0.25) is 0 Å². The van der Waals surface area contributed by atoms with Crippen molar-refractivity contribution in [3.63, 3.8) is 0 Å². The van der Waals surface area contributed by atoms with Crippen molar-refractivity contribution in [2.24, 2.45) is 0 Å². The lowest BCUT2D eigenvalue weighted by Crippen LogP contribution is -2.23. The standard InChI is InChI=1S/C15H10N2O2/c16-10-12-8-4-5-9-13(12)17-15(19)14(18)11-6-2-1-3-7-11/h1-9H,(H,17,19). The number of carbonyl (C=O) groups is 2. The van der Waals surface area contributed by atoms with E-state index in [1.807, 2.05) is 6.07 Å². The average Bonchev–Trinajstić information content (AvgIpc) is 2.48. The molecule has 0 heterocycles. The summed E-state index contributed by atoms with van der Waals surface area (Å²) in [5, 5.41) is 11.3. The number of benzene rings is 2. The molecule has 0 unspecified atom stereocenters. The van der Waals surface area contributed by atoms with Crippen LogP contribution < -0.4 is 5.32 Å². The van der Waals surface area contributed by atoms with Gasteiger partial charge in [-0.15, -0.1) is 0 Å². The predicted molar refractivity (Wildman–Crippen MR) is 70.6 cm³/mol. The molecule has 92 valence electrons. The molecule has 0 spiro atoms. The summed E-state index contributed by atoms with van der Waals surface area (Å²) < 4.78 is 0. The van der Waals surface area contributed by atoms with Crippen molar-refractivity contribution in [3.05, 3.63) is 65.7 Å². The zero-order valence-electron chi connectivity index (χ0n) is 9.96. The van der Waals surface area contributed by atoms with Crippen LogP contribution in [-0.4, -0.2) is 11.7 Å². The van der Waals surface area contributed by atoms with Crippen LogP contribution in [-0.2, 0) is 4.79 Å². The number of ketones is 1. The molecule has 2 rings (SSSR count). The average molecular weight is 250 g/mol. The zero-order chi connectivity index (χ0) is 13.7. The summed E-state index contributed by atoms with van der Waals surface area (Å²) in [6.45, 7) is 0. The summed E-state index contributed by atoms with van der Waals surface area (Å²) in [5.41, 5.74) is 0.963. The highest BCUT2D eigenvalue weighted by Gasteiger charge is 2.16. The number of nitriles is 1. The highest BCUT2D eigenvalue weighted by Crippen LogP contribution is 2.14. The lowest BCUT2D eigenvalue weighted by Gasteiger charge is -2.05. The molecule has 0 saturated heterocycles. The Morgan fingerprint density at radius 1 is 0.947 bits per heavy atom. The van der Waals surface area contributed by atoms with Crippen LogP contribution >= 0.6 is 0 Å². The van der Waals surface area contributed by atoms with E-state index in [1.165, 1.54) is 0 Å². The lowest BCUT2D eigenvalue weighted by atomic mass is 10.1. The molecular formula is C15H10N2O2. The molecule has 0 aliphatic heterocycles. The first kappa shape index (κ1) is 12.5. The Morgan fingerprint density at radius 2 is 1.58 bits per heavy atom. The van der Waals surface area contributed by atoms with Crippen molar-refractivity contribution in [1.29, 1.82) is 5.26 Å². The molecule has 2 aromatic rings. The van der Waals surface area contributed by atoms with Crippen LogP contribution in [0.25, 0.3) is 0 Å². The quantitative estimate of drug-likeness (QED) is 0.671. The van der Waals surface area contributed by atoms with Gasteiger partial charge in [-0.2, -0.15) is 5.26 Å². The number of nitrogens with one attached hydrogen (secondary N) is 1. The summed E-state index contributed by atoms with van der Waals surface area (Å²) in [4.78, 5) is 23.7. The first-order valence-corrected chi connectivity index (χ1v) is 5.62. The van der Waals surface area contributed by atoms with Gasteiger partial charge in [-0.3, -0.25) is 9.59 Å². The summed E-state index contributed by atoms with van der Waals surface area (Å²) in [5.74, 6) is -1.39. The molecule has 0 bridgehead atoms. The molecular weight excluding hydrogens is 240 g/mol. The number of anilines is 1. The van der Waals surface area contributed by atoms with Crippen molar-refractivity contribution in [3.8, 4) is 6.07 Å². The molecule has 4 heteroatoms. The fourth-order valence-corrected chi connectivity index (χ4v) is 1.59. The number of Topliss-reactive ketones (excluding diaryl/α,β-unsaturated/α-hetero) is 1. The van der Waals surface area contributed by atoms with E-state index < -0.39 is 11.7 Å². The molecule has 0 atom stereocenters. The third-order valence-corrected chi connectivity index (χ3v) is 2.54. The fourth-order valence-electron chi connectivity index (χ4n) is 1.59. The van der Waals surface area contributed by atoms with Crippen LogP contribution in [0, 0.1) is 11.3 Å². The van der Waals surface area contributed by atoms with E-state index in [-0.39, 0.29) is 0 Å². The smallest absolute Gasteiger partial charge is 0.296 e. The Balaban J connectivity index is 2.19. The van der Waals surface area contributed by atoms with Crippen molar-refractivity contribution < 1.29 is 9.59 Å². The fraction of sp³-hybridized carbons (Fsp3) is 0. The molecule has 19 heavy (non-hydrogen) atoms. The van der Waals surface area contributed by atoms with Crippen molar-refractivity contribution in [2.75, 3.05) is 5.32 Å². The molecule has 2 aromatic carbocycles. The van der Waals surface area contributed by atoms with Gasteiger partial charge >= 0.3 is 0 Å². The van der Waals surface area contributed by atoms with Gasteiger partial charge in [-0.05, 0) is 12.1 Å². The van der Waals surface area contributed by atoms with Gasteiger partial charge in [0.1, 0.15) is 6.07 Å². The third kappa shape index (κ3) is 2.85. The van der Waals surface area contributed by atoms with Crippen molar-refractivity contribution >= 4 is 17.4 Å². The second-order valence-corrected chi connectivity index (χ2v) is 3.81. The number of carbonyl (C=O) groups excluding carboxylic acids is 2. The molecule has 0 saturated carbocycles. The normalized spacial score (nSPS) is 9.42. The lowest BCUT2D eigenvalue weighted by molar-refractivity contribution is -0.112. The van der Waals surface area contributed by atoms with Gasteiger partial charge in [0.15, 0.2) is 0 Å². The van der Waals surface area contributed by atoms with Crippen LogP contribution in [0.4, 0.5) is 5.69 Å². The molecule has 0 aromatic heterocycles. The maximum absolute atomic E-state index is 11.9. The number of nitrogens with zero attached hydrogens (tertiary/aromatic N) is 1. The maximum Gasteiger partial charge on any atom is 0.296 e. The molecule has 0 aliphatic rings. The van der Waals surface area contributed by atoms with Crippen molar-refractivity contribution in [1.82, 2.24) is 0 Å². The van der Waals surface area contributed by atoms with E-state index in [0.717, 1.165) is 0 Å². The van der Waals surface area contributed by atoms with Crippen LogP contribution in [0.1, 0.15) is 15.9 Å². The van der Waals surface area contributed by atoms with Gasteiger partial charge in [0.25, 0.3) is 11.7 Å². The van der Waals surface area contributed by atoms with Crippen LogP contribution in [0.3, 0.4) is 0 Å². The minimum atomic E-state index is -0.756. The molecule has 0 radical (unpaired) electrons. The number of hydrogen-bond acceptors (Lipinski definition) is 3. The molecule has 1 amide bonds. The Labute approximate surface area is 110 Å². The summed E-state index contributed by atoms with van der Waals surface area (Å²) in [7, 11) is 0. The predicted octanol–water partition coefficient (Wildman–Crippen LogP) is 2.38. The van der Waals surface area contributed by atoms with E-state index >= 15 is 0 Å². The van der Waals surface area contributed by atoms with E-state index in [1.54, 1.807) is 54.6 Å². The van der Waals surface area contributed by atoms with Gasteiger partial charge < -0.3 is 5.32 Å². The first-order chi connectivity index (χ1) is 9.22. The van der Waals surface area contributed by atoms with Gasteiger partial charge in [0.2, 0.25) is 0 Å². The van der Waals surface area contributed by atoms with E-state index in [0.29, 0.717) is 16.8 Å². The maximum atomic E-state index is 11.9. The molecule has 0 aliphatic carbocycles. The van der Waals surface area contributed by atoms with Crippen LogP contribution in [0.5, 0.6) is 0 Å². The summed E-state index contributed by atoms with van der Waals surface area (Å²) >= 11 is 0. The number of rotatable bonds is 3. The van der Waals surface area contributed by atoms with Crippen LogP contribution in [0.15, 0.2) is 54.6 Å². The number of para-hydroxylation sites is 1. The topological polar surface area (TPSA) is 70.0 Å². The number of amides is 1. The van der Waals surface area contributed by atoms with Gasteiger partial charge in [0, 0.05) is 5.56 Å². The third-order valence-electron chi connectivity index (χ3n) is 2.54. The first-order valence-electron chi connectivity index (χ1n) is 5.62. The van der Waals surface area contributed by atoms with Gasteiger partial charge in [-0.1, -0.05) is 42.5 Å².